The van der Waals surface area contributed by atoms with E-state index in [9.17, 15) is 19.5 Å². The molecule has 2 amide bonds. The third-order valence-corrected chi connectivity index (χ3v) is 5.92. The molecule has 1 rings (SSSR count). The standard InChI is InChI=1S/C30H41ClN2O6/c1-20(19-21(2)24-16-17-25(38-7)29(37)39-24)11-8-9-13-26(35)33-27(30(4,5)6)28(36)32-18-10-12-23(34)15-14-22(3)31/h8,10-11,14,17-19,21,23-24,27,34H,12,15-16H2,1-7H3,(H,32,36)(H,33,35)/b11-8+,18-10+,20-19+,22-14-/t21-,23+,24?,27?/m1/s1. The molecule has 3 N–H and O–H groups in total. The number of aliphatic hydroxyl groups is 1. The lowest BCUT2D eigenvalue weighted by Gasteiger charge is -2.29. The molecule has 0 fully saturated rings. The number of carbonyl (C=O) groups excluding carboxylic acids is 3. The van der Waals surface area contributed by atoms with E-state index in [0.717, 1.165) is 5.57 Å². The maximum atomic E-state index is 12.7. The summed E-state index contributed by atoms with van der Waals surface area (Å²) in [6.07, 6.45) is 12.3. The Kier molecular flexibility index (Phi) is 14.4. The molecule has 0 spiro atoms. The van der Waals surface area contributed by atoms with Crippen LogP contribution in [0.2, 0.25) is 0 Å². The number of nitrogens with one attached hydrogen (secondary N) is 2. The highest BCUT2D eigenvalue weighted by Crippen LogP contribution is 2.23. The third-order valence-electron chi connectivity index (χ3n) is 5.77. The number of aliphatic hydroxyl groups excluding tert-OH is 1. The molecule has 9 heteroatoms. The lowest BCUT2D eigenvalue weighted by Crippen LogP contribution is -2.52. The van der Waals surface area contributed by atoms with E-state index in [1.165, 1.54) is 13.3 Å². The van der Waals surface area contributed by atoms with Gasteiger partial charge in [0.05, 0.1) is 13.2 Å². The summed E-state index contributed by atoms with van der Waals surface area (Å²) in [6.45, 7) is 11.1. The van der Waals surface area contributed by atoms with Crippen molar-refractivity contribution >= 4 is 29.4 Å². The van der Waals surface area contributed by atoms with Crippen LogP contribution in [0.4, 0.5) is 0 Å². The smallest absolute Gasteiger partial charge is 0.373 e. The number of cyclic esters (lactones) is 1. The van der Waals surface area contributed by atoms with E-state index in [1.807, 2.05) is 40.7 Å². The van der Waals surface area contributed by atoms with Gasteiger partial charge in [-0.05, 0) is 56.4 Å². The van der Waals surface area contributed by atoms with Crippen LogP contribution in [0.15, 0.2) is 59.0 Å². The van der Waals surface area contributed by atoms with E-state index in [2.05, 4.69) is 22.5 Å². The minimum Gasteiger partial charge on any atom is -0.490 e. The number of rotatable bonds is 11. The van der Waals surface area contributed by atoms with Gasteiger partial charge in [0.2, 0.25) is 5.91 Å². The van der Waals surface area contributed by atoms with Crippen molar-refractivity contribution in [2.24, 2.45) is 11.3 Å². The zero-order valence-corrected chi connectivity index (χ0v) is 24.6. The summed E-state index contributed by atoms with van der Waals surface area (Å²) in [6, 6.07) is -0.826. The number of halogens is 1. The molecule has 1 aliphatic heterocycles. The van der Waals surface area contributed by atoms with Gasteiger partial charge >= 0.3 is 5.97 Å². The quantitative estimate of drug-likeness (QED) is 0.196. The van der Waals surface area contributed by atoms with Gasteiger partial charge in [-0.3, -0.25) is 9.59 Å². The van der Waals surface area contributed by atoms with Crippen LogP contribution in [-0.4, -0.2) is 48.2 Å². The summed E-state index contributed by atoms with van der Waals surface area (Å²) < 4.78 is 10.4. The van der Waals surface area contributed by atoms with Crippen LogP contribution in [0.3, 0.4) is 0 Å². The number of allylic oxidation sites excluding steroid dienone is 4. The predicted octanol–water partition coefficient (Wildman–Crippen LogP) is 4.42. The molecule has 0 saturated carbocycles. The van der Waals surface area contributed by atoms with Crippen molar-refractivity contribution in [3.63, 3.8) is 0 Å². The molecule has 8 nitrogen and oxygen atoms in total. The van der Waals surface area contributed by atoms with E-state index in [0.29, 0.717) is 24.3 Å². The summed E-state index contributed by atoms with van der Waals surface area (Å²) in [4.78, 5) is 37.0. The number of esters is 1. The Morgan fingerprint density at radius 1 is 1.31 bits per heavy atom. The fourth-order valence-corrected chi connectivity index (χ4v) is 3.67. The van der Waals surface area contributed by atoms with Crippen molar-refractivity contribution < 1.29 is 29.0 Å². The highest BCUT2D eigenvalue weighted by Gasteiger charge is 2.32. The highest BCUT2D eigenvalue weighted by molar-refractivity contribution is 6.29. The largest absolute Gasteiger partial charge is 0.490 e. The predicted molar refractivity (Wildman–Crippen MR) is 153 cm³/mol. The molecule has 1 aliphatic rings. The Labute approximate surface area is 237 Å². The normalized spacial score (nSPS) is 18.9. The number of hydrogen-bond acceptors (Lipinski definition) is 6. The molecule has 0 radical (unpaired) electrons. The zero-order valence-electron chi connectivity index (χ0n) is 23.8. The fourth-order valence-electron chi connectivity index (χ4n) is 3.58. The van der Waals surface area contributed by atoms with Crippen LogP contribution in [0, 0.1) is 23.2 Å². The van der Waals surface area contributed by atoms with Crippen molar-refractivity contribution in [3.8, 4) is 11.8 Å². The first-order chi connectivity index (χ1) is 18.2. The van der Waals surface area contributed by atoms with Crippen molar-refractivity contribution in [3.05, 3.63) is 59.0 Å². The maximum absolute atomic E-state index is 12.7. The number of carbonyl (C=O) groups is 3. The Morgan fingerprint density at radius 3 is 2.59 bits per heavy atom. The summed E-state index contributed by atoms with van der Waals surface area (Å²) in [7, 11) is 1.43. The minimum atomic E-state index is -0.826. The van der Waals surface area contributed by atoms with Crippen molar-refractivity contribution in [1.29, 1.82) is 0 Å². The second-order valence-corrected chi connectivity index (χ2v) is 11.0. The molecule has 0 bridgehead atoms. The van der Waals surface area contributed by atoms with Crippen LogP contribution < -0.4 is 10.6 Å². The van der Waals surface area contributed by atoms with Crippen LogP contribution in [0.25, 0.3) is 0 Å². The maximum Gasteiger partial charge on any atom is 0.373 e. The molecular formula is C30H41ClN2O6. The highest BCUT2D eigenvalue weighted by atomic mass is 35.5. The first-order valence-electron chi connectivity index (χ1n) is 12.8. The SMILES string of the molecule is COC1=CCC([C@H](C)/C=C(C)/C=C/C#CC(=O)NC(C(=O)N/C=C/C[C@H](O)C/C=C(/C)Cl)C(C)(C)C)OC1=O. The number of hydrogen-bond donors (Lipinski definition) is 3. The third kappa shape index (κ3) is 13.4. The topological polar surface area (TPSA) is 114 Å². The first-order valence-corrected chi connectivity index (χ1v) is 13.2. The fraction of sp³-hybridized carbons (Fsp3) is 0.500. The summed E-state index contributed by atoms with van der Waals surface area (Å²) in [5, 5.41) is 15.8. The molecule has 0 aromatic carbocycles. The van der Waals surface area contributed by atoms with Crippen molar-refractivity contribution in [1.82, 2.24) is 10.6 Å². The van der Waals surface area contributed by atoms with Gasteiger partial charge in [-0.15, -0.1) is 0 Å². The molecule has 214 valence electrons. The lowest BCUT2D eigenvalue weighted by atomic mass is 9.86. The molecule has 2 unspecified atom stereocenters. The molecule has 0 aliphatic carbocycles. The van der Waals surface area contributed by atoms with Crippen molar-refractivity contribution in [2.45, 2.75) is 79.1 Å². The lowest BCUT2D eigenvalue weighted by molar-refractivity contribution is -0.151. The Morgan fingerprint density at radius 2 is 2.00 bits per heavy atom. The Bertz CT molecular complexity index is 1080. The van der Waals surface area contributed by atoms with Crippen LogP contribution in [-0.2, 0) is 23.9 Å². The van der Waals surface area contributed by atoms with Gasteiger partial charge in [-0.25, -0.2) is 4.79 Å². The van der Waals surface area contributed by atoms with Crippen LogP contribution >= 0.6 is 11.6 Å². The molecule has 0 aromatic rings. The van der Waals surface area contributed by atoms with Gasteiger partial charge in [0.1, 0.15) is 12.1 Å². The Hall–Kier alpha value is -3.28. The molecule has 4 atom stereocenters. The second-order valence-electron chi connectivity index (χ2n) is 10.4. The van der Waals surface area contributed by atoms with E-state index in [4.69, 9.17) is 21.1 Å². The molecule has 39 heavy (non-hydrogen) atoms. The van der Waals surface area contributed by atoms with E-state index in [-0.39, 0.29) is 23.7 Å². The van der Waals surface area contributed by atoms with Gasteiger partial charge in [-0.1, -0.05) is 75.1 Å². The monoisotopic (exact) mass is 560 g/mol. The summed E-state index contributed by atoms with van der Waals surface area (Å²) in [5.41, 5.74) is 0.331. The molecular weight excluding hydrogens is 520 g/mol. The van der Waals surface area contributed by atoms with Crippen LogP contribution in [0.5, 0.6) is 0 Å². The van der Waals surface area contributed by atoms with Gasteiger partial charge in [0, 0.05) is 17.4 Å². The van der Waals surface area contributed by atoms with Gasteiger partial charge in [-0.2, -0.15) is 0 Å². The number of amides is 2. The minimum absolute atomic E-state index is 0.0282. The van der Waals surface area contributed by atoms with Gasteiger partial charge in [0.15, 0.2) is 5.76 Å². The average Bonchev–Trinajstić information content (AvgIpc) is 2.85. The van der Waals surface area contributed by atoms with Crippen LogP contribution in [0.1, 0.15) is 60.8 Å². The van der Waals surface area contributed by atoms with Gasteiger partial charge in [0.25, 0.3) is 5.91 Å². The number of ether oxygens (including phenoxy) is 2. The zero-order chi connectivity index (χ0) is 29.6. The molecule has 0 saturated heterocycles. The first kappa shape index (κ1) is 33.7. The second kappa shape index (κ2) is 16.6. The summed E-state index contributed by atoms with van der Waals surface area (Å²) >= 11 is 5.76. The molecule has 1 heterocycles. The molecule has 0 aromatic heterocycles. The average molecular weight is 561 g/mol. The van der Waals surface area contributed by atoms with E-state index >= 15 is 0 Å². The van der Waals surface area contributed by atoms with E-state index < -0.39 is 29.4 Å². The Balaban J connectivity index is 2.67. The van der Waals surface area contributed by atoms with E-state index in [1.54, 1.807) is 37.3 Å². The summed E-state index contributed by atoms with van der Waals surface area (Å²) in [5.74, 6) is 3.92. The van der Waals surface area contributed by atoms with Gasteiger partial charge < -0.3 is 25.2 Å². The van der Waals surface area contributed by atoms with Crippen molar-refractivity contribution in [2.75, 3.05) is 7.11 Å². The number of methoxy groups -OCH3 is 1.